The summed E-state index contributed by atoms with van der Waals surface area (Å²) < 4.78 is 55.7. The van der Waals surface area contributed by atoms with Crippen LogP contribution in [-0.4, -0.2) is 28.6 Å². The van der Waals surface area contributed by atoms with E-state index in [4.69, 9.17) is 0 Å². The molecule has 6 aromatic carbocycles. The summed E-state index contributed by atoms with van der Waals surface area (Å²) >= 11 is 0. The fourth-order valence-corrected chi connectivity index (χ4v) is 7.26. The van der Waals surface area contributed by atoms with Gasteiger partial charge in [0.2, 0.25) is 0 Å². The number of rotatable bonds is 11. The summed E-state index contributed by atoms with van der Waals surface area (Å²) in [5.41, 5.74) is 6.24. The molecule has 4 N–H and O–H groups in total. The summed E-state index contributed by atoms with van der Waals surface area (Å²) in [6, 6.07) is 39.9. The molecule has 0 fully saturated rings. The number of nitrogens with one attached hydrogen (secondary N) is 4. The maximum atomic E-state index is 12.9. The minimum atomic E-state index is -3.76. The third kappa shape index (κ3) is 8.73. The van der Waals surface area contributed by atoms with E-state index in [1.54, 1.807) is 72.8 Å². The minimum absolute atomic E-state index is 0.148. The van der Waals surface area contributed by atoms with E-state index in [1.165, 1.54) is 48.5 Å². The van der Waals surface area contributed by atoms with Crippen molar-refractivity contribution in [2.75, 3.05) is 20.1 Å². The molecule has 10 nitrogen and oxygen atoms in total. The zero-order chi connectivity index (χ0) is 36.9. The molecule has 6 aromatic rings. The quantitative estimate of drug-likeness (QED) is 0.106. The Balaban J connectivity index is 1.01. The predicted molar refractivity (Wildman–Crippen MR) is 205 cm³/mol. The first-order valence-electron chi connectivity index (χ1n) is 16.1. The lowest BCUT2D eigenvalue weighted by Gasteiger charge is -2.11. The average Bonchev–Trinajstić information content (AvgIpc) is 3.13. The second kappa shape index (κ2) is 14.9. The summed E-state index contributed by atoms with van der Waals surface area (Å²) in [6.07, 6.45) is 0. The second-order valence-corrected chi connectivity index (χ2v) is 15.4. The number of hydrogen-bond donors (Lipinski definition) is 4. The largest absolute Gasteiger partial charge is 0.322 e. The van der Waals surface area contributed by atoms with Crippen LogP contribution in [0, 0.1) is 13.8 Å². The lowest BCUT2D eigenvalue weighted by atomic mass is 10.0. The van der Waals surface area contributed by atoms with Gasteiger partial charge in [-0.05, 0) is 122 Å². The van der Waals surface area contributed by atoms with E-state index >= 15 is 0 Å². The van der Waals surface area contributed by atoms with Gasteiger partial charge in [0.1, 0.15) is 0 Å². The Morgan fingerprint density at radius 3 is 0.981 bits per heavy atom. The lowest BCUT2D eigenvalue weighted by molar-refractivity contribution is 0.101. The van der Waals surface area contributed by atoms with Crippen molar-refractivity contribution in [1.82, 2.24) is 0 Å². The van der Waals surface area contributed by atoms with E-state index in [-0.39, 0.29) is 21.6 Å². The first-order valence-corrected chi connectivity index (χ1v) is 19.0. The molecule has 0 atom stereocenters. The van der Waals surface area contributed by atoms with Gasteiger partial charge in [0.15, 0.2) is 0 Å². The normalized spacial score (nSPS) is 11.3. The minimum Gasteiger partial charge on any atom is -0.322 e. The van der Waals surface area contributed by atoms with Crippen LogP contribution in [0.5, 0.6) is 0 Å². The fraction of sp³-hybridized carbons (Fsp3) is 0.0500. The third-order valence-corrected chi connectivity index (χ3v) is 10.9. The van der Waals surface area contributed by atoms with Gasteiger partial charge >= 0.3 is 0 Å². The molecule has 2 amide bonds. The highest BCUT2D eigenvalue weighted by Crippen LogP contribution is 2.25. The molecule has 0 unspecified atom stereocenters. The van der Waals surface area contributed by atoms with Crippen LogP contribution < -0.4 is 20.1 Å². The topological polar surface area (TPSA) is 151 Å². The molecule has 0 saturated carbocycles. The molecular formula is C40H34N4O6S2. The van der Waals surface area contributed by atoms with Crippen LogP contribution in [0.25, 0.3) is 11.1 Å². The van der Waals surface area contributed by atoms with E-state index < -0.39 is 20.0 Å². The smallest absolute Gasteiger partial charge is 0.261 e. The Bertz CT molecular complexity index is 2260. The van der Waals surface area contributed by atoms with Crippen molar-refractivity contribution in [1.29, 1.82) is 0 Å². The molecular weight excluding hydrogens is 697 g/mol. The molecule has 0 aliphatic rings. The second-order valence-electron chi connectivity index (χ2n) is 12.1. The number of hydrogen-bond acceptors (Lipinski definition) is 6. The Morgan fingerprint density at radius 1 is 0.385 bits per heavy atom. The van der Waals surface area contributed by atoms with Crippen molar-refractivity contribution in [3.05, 3.63) is 168 Å². The van der Waals surface area contributed by atoms with Gasteiger partial charge in [-0.2, -0.15) is 0 Å². The zero-order valence-corrected chi connectivity index (χ0v) is 29.8. The van der Waals surface area contributed by atoms with Crippen molar-refractivity contribution in [2.45, 2.75) is 23.6 Å². The van der Waals surface area contributed by atoms with Crippen LogP contribution >= 0.6 is 0 Å². The average molecular weight is 731 g/mol. The Hall–Kier alpha value is -6.24. The van der Waals surface area contributed by atoms with Gasteiger partial charge in [-0.1, -0.05) is 59.7 Å². The summed E-state index contributed by atoms with van der Waals surface area (Å²) in [7, 11) is -7.52. The van der Waals surface area contributed by atoms with Crippen molar-refractivity contribution >= 4 is 54.6 Å². The monoisotopic (exact) mass is 730 g/mol. The Morgan fingerprint density at radius 2 is 0.673 bits per heavy atom. The maximum absolute atomic E-state index is 12.9. The van der Waals surface area contributed by atoms with Gasteiger partial charge in [-0.25, -0.2) is 16.8 Å². The van der Waals surface area contributed by atoms with Gasteiger partial charge < -0.3 is 10.6 Å². The highest BCUT2D eigenvalue weighted by atomic mass is 32.2. The van der Waals surface area contributed by atoms with E-state index in [0.717, 1.165) is 22.3 Å². The number of benzene rings is 6. The van der Waals surface area contributed by atoms with Gasteiger partial charge in [0.25, 0.3) is 31.9 Å². The fourth-order valence-electron chi connectivity index (χ4n) is 5.14. The van der Waals surface area contributed by atoms with Crippen LogP contribution in [0.4, 0.5) is 22.7 Å². The van der Waals surface area contributed by atoms with Crippen LogP contribution in [0.1, 0.15) is 31.8 Å². The molecule has 0 radical (unpaired) electrons. The maximum Gasteiger partial charge on any atom is 0.261 e. The molecule has 0 aromatic heterocycles. The third-order valence-electron chi connectivity index (χ3n) is 8.08. The Labute approximate surface area is 302 Å². The predicted octanol–water partition coefficient (Wildman–Crippen LogP) is 8.08. The van der Waals surface area contributed by atoms with Crippen molar-refractivity contribution in [2.24, 2.45) is 0 Å². The molecule has 0 spiro atoms. The molecule has 0 aliphatic heterocycles. The lowest BCUT2D eigenvalue weighted by Crippen LogP contribution is -2.14. The van der Waals surface area contributed by atoms with E-state index in [0.29, 0.717) is 33.9 Å². The molecule has 0 bridgehead atoms. The molecule has 6 rings (SSSR count). The Kier molecular flexibility index (Phi) is 10.2. The molecule has 0 aliphatic carbocycles. The molecule has 12 heteroatoms. The van der Waals surface area contributed by atoms with E-state index in [9.17, 15) is 26.4 Å². The summed E-state index contributed by atoms with van der Waals surface area (Å²) in [5.74, 6) is -0.696. The van der Waals surface area contributed by atoms with Crippen LogP contribution in [0.2, 0.25) is 0 Å². The standard InChI is InChI=1S/C40H34N4O6S2/c1-27-3-23-37(24-4-27)51(47,48)43-35-19-11-31(12-20-35)39(45)41-33-15-7-29(8-16-33)30-9-17-34(18-10-30)42-40(46)32-13-21-36(22-14-32)44-52(49,50)38-25-5-28(2)6-26-38/h3-26,43-44H,1-2H3,(H,41,45)(H,42,46). The van der Waals surface area contributed by atoms with Gasteiger partial charge in [0, 0.05) is 33.9 Å². The molecule has 0 heterocycles. The molecule has 0 saturated heterocycles. The van der Waals surface area contributed by atoms with E-state index in [2.05, 4.69) is 20.1 Å². The SMILES string of the molecule is Cc1ccc(S(=O)(=O)Nc2ccc(C(=O)Nc3ccc(-c4ccc(NC(=O)c5ccc(NS(=O)(=O)c6ccc(C)cc6)cc5)cc4)cc3)cc2)cc1. The number of anilines is 4. The zero-order valence-electron chi connectivity index (χ0n) is 28.1. The summed E-state index contributed by atoms with van der Waals surface area (Å²) in [6.45, 7) is 3.75. The van der Waals surface area contributed by atoms with Crippen molar-refractivity contribution < 1.29 is 26.4 Å². The van der Waals surface area contributed by atoms with Gasteiger partial charge in [-0.3, -0.25) is 19.0 Å². The van der Waals surface area contributed by atoms with Crippen LogP contribution in [0.3, 0.4) is 0 Å². The van der Waals surface area contributed by atoms with E-state index in [1.807, 2.05) is 38.1 Å². The molecule has 52 heavy (non-hydrogen) atoms. The molecule has 262 valence electrons. The number of sulfonamides is 2. The van der Waals surface area contributed by atoms with Crippen molar-refractivity contribution in [3.63, 3.8) is 0 Å². The number of carbonyl (C=O) groups is 2. The number of carbonyl (C=O) groups excluding carboxylic acids is 2. The van der Waals surface area contributed by atoms with Crippen LogP contribution in [-0.2, 0) is 20.0 Å². The van der Waals surface area contributed by atoms with Gasteiger partial charge in [0.05, 0.1) is 9.79 Å². The van der Waals surface area contributed by atoms with Crippen molar-refractivity contribution in [3.8, 4) is 11.1 Å². The first-order chi connectivity index (χ1) is 24.8. The number of aryl methyl sites for hydroxylation is 2. The van der Waals surface area contributed by atoms with Crippen LogP contribution in [0.15, 0.2) is 155 Å². The first kappa shape index (κ1) is 35.6. The summed E-state index contributed by atoms with van der Waals surface area (Å²) in [4.78, 5) is 26.0. The highest BCUT2D eigenvalue weighted by Gasteiger charge is 2.16. The van der Waals surface area contributed by atoms with Gasteiger partial charge in [-0.15, -0.1) is 0 Å². The summed E-state index contributed by atoms with van der Waals surface area (Å²) in [5, 5.41) is 5.69. The highest BCUT2D eigenvalue weighted by molar-refractivity contribution is 7.93. The number of amides is 2.